The highest BCUT2D eigenvalue weighted by Crippen LogP contribution is 2.43. The number of benzene rings is 1. The van der Waals surface area contributed by atoms with Crippen LogP contribution in [0.4, 0.5) is 0 Å². The average Bonchev–Trinajstić information content (AvgIpc) is 2.61. The van der Waals surface area contributed by atoms with Crippen LogP contribution < -0.4 is 4.74 Å². The molecule has 8 heteroatoms. The number of methoxy groups -OCH3 is 1. The van der Waals surface area contributed by atoms with E-state index in [1.165, 1.54) is 17.5 Å². The number of piperidine rings is 2. The van der Waals surface area contributed by atoms with Crippen LogP contribution in [-0.2, 0) is 10.0 Å². The number of sulfonamides is 1. The molecule has 0 aliphatic carbocycles. The smallest absolute Gasteiger partial charge is 0.246 e. The van der Waals surface area contributed by atoms with Crippen LogP contribution in [0.2, 0.25) is 5.02 Å². The number of hydrogen-bond acceptors (Lipinski definition) is 5. The van der Waals surface area contributed by atoms with Crippen LogP contribution in [0, 0.1) is 5.41 Å². The predicted molar refractivity (Wildman–Crippen MR) is 96.6 cm³/mol. The fourth-order valence-corrected chi connectivity index (χ4v) is 6.07. The minimum absolute atomic E-state index is 0.0138. The lowest BCUT2D eigenvalue weighted by molar-refractivity contribution is -0.0508. The van der Waals surface area contributed by atoms with Gasteiger partial charge >= 0.3 is 0 Å². The first-order chi connectivity index (χ1) is 11.8. The third-order valence-corrected chi connectivity index (χ3v) is 7.84. The van der Waals surface area contributed by atoms with Crippen LogP contribution in [0.3, 0.4) is 0 Å². The zero-order valence-corrected chi connectivity index (χ0v) is 16.2. The molecule has 0 amide bonds. The summed E-state index contributed by atoms with van der Waals surface area (Å²) in [7, 11) is -0.268. The molecule has 140 valence electrons. The molecule has 1 aromatic rings. The zero-order valence-electron chi connectivity index (χ0n) is 14.6. The van der Waals surface area contributed by atoms with Gasteiger partial charge in [0, 0.05) is 29.6 Å². The molecule has 2 saturated heterocycles. The van der Waals surface area contributed by atoms with Gasteiger partial charge < -0.3 is 14.7 Å². The number of likely N-dealkylation sites (N-methyl/N-ethyl adjacent to an activating group) is 1. The summed E-state index contributed by atoms with van der Waals surface area (Å²) in [6.07, 6.45) is 2.62. The lowest BCUT2D eigenvalue weighted by Crippen LogP contribution is -2.62. The van der Waals surface area contributed by atoms with Crippen molar-refractivity contribution in [2.45, 2.75) is 30.2 Å². The number of likely N-dealkylation sites (tertiary alicyclic amines) is 1. The molecule has 2 heterocycles. The highest BCUT2D eigenvalue weighted by molar-refractivity contribution is 7.89. The summed E-state index contributed by atoms with van der Waals surface area (Å²) in [6.45, 7) is 1.77. The zero-order chi connectivity index (χ0) is 18.2. The lowest BCUT2D eigenvalue weighted by atomic mass is 9.69. The number of fused-ring (bicyclic) bond motifs is 1. The van der Waals surface area contributed by atoms with E-state index >= 15 is 0 Å². The van der Waals surface area contributed by atoms with Gasteiger partial charge in [-0.15, -0.1) is 0 Å². The quantitative estimate of drug-likeness (QED) is 0.851. The van der Waals surface area contributed by atoms with Crippen LogP contribution in [0.25, 0.3) is 0 Å². The van der Waals surface area contributed by atoms with Crippen molar-refractivity contribution in [2.75, 3.05) is 40.4 Å². The maximum atomic E-state index is 13.2. The minimum Gasteiger partial charge on any atom is -0.495 e. The second-order valence-electron chi connectivity index (χ2n) is 7.03. The third kappa shape index (κ3) is 3.28. The number of halogens is 1. The number of ether oxygens (including phenoxy) is 1. The first-order valence-electron chi connectivity index (χ1n) is 8.49. The molecule has 6 nitrogen and oxygen atoms in total. The molecule has 2 aliphatic rings. The van der Waals surface area contributed by atoms with Crippen molar-refractivity contribution in [3.63, 3.8) is 0 Å². The molecule has 1 aromatic carbocycles. The van der Waals surface area contributed by atoms with Crippen LogP contribution in [-0.4, -0.2) is 69.2 Å². The first-order valence-corrected chi connectivity index (χ1v) is 10.3. The molecular formula is C17H25ClN2O4S. The molecule has 0 unspecified atom stereocenters. The van der Waals surface area contributed by atoms with E-state index in [4.69, 9.17) is 16.3 Å². The minimum atomic E-state index is -3.72. The largest absolute Gasteiger partial charge is 0.495 e. The van der Waals surface area contributed by atoms with Gasteiger partial charge in [-0.3, -0.25) is 0 Å². The van der Waals surface area contributed by atoms with Crippen molar-refractivity contribution >= 4 is 21.6 Å². The van der Waals surface area contributed by atoms with Crippen molar-refractivity contribution in [3.8, 4) is 5.75 Å². The second kappa shape index (κ2) is 7.04. The average molecular weight is 389 g/mol. The molecule has 2 aliphatic heterocycles. The van der Waals surface area contributed by atoms with Gasteiger partial charge in [0.05, 0.1) is 13.7 Å². The highest BCUT2D eigenvalue weighted by atomic mass is 35.5. The van der Waals surface area contributed by atoms with Crippen molar-refractivity contribution in [2.24, 2.45) is 5.41 Å². The molecule has 25 heavy (non-hydrogen) atoms. The van der Waals surface area contributed by atoms with Gasteiger partial charge in [-0.1, -0.05) is 11.6 Å². The van der Waals surface area contributed by atoms with Crippen LogP contribution in [0.15, 0.2) is 23.1 Å². The Kier molecular flexibility index (Phi) is 5.33. The Morgan fingerprint density at radius 2 is 2.12 bits per heavy atom. The van der Waals surface area contributed by atoms with Gasteiger partial charge in [0.15, 0.2) is 0 Å². The molecule has 0 spiro atoms. The number of nitrogens with zero attached hydrogens (tertiary/aromatic N) is 2. The Morgan fingerprint density at radius 1 is 1.36 bits per heavy atom. The van der Waals surface area contributed by atoms with Gasteiger partial charge in [0.25, 0.3) is 0 Å². The van der Waals surface area contributed by atoms with Gasteiger partial charge in [-0.2, -0.15) is 4.31 Å². The number of aliphatic hydroxyl groups is 1. The summed E-state index contributed by atoms with van der Waals surface area (Å²) in [5.74, 6) is 0.292. The van der Waals surface area contributed by atoms with Crippen molar-refractivity contribution in [3.05, 3.63) is 23.2 Å². The third-order valence-electron chi connectivity index (χ3n) is 5.72. The number of aliphatic hydroxyl groups excluding tert-OH is 1. The van der Waals surface area contributed by atoms with Gasteiger partial charge in [0.1, 0.15) is 10.6 Å². The fraction of sp³-hybridized carbons (Fsp3) is 0.647. The van der Waals surface area contributed by atoms with E-state index in [0.717, 1.165) is 19.4 Å². The standard InChI is InChI=1S/C17H25ClN2O4S/c1-19-8-3-6-17(12-21)7-9-20(11-16(17)19)25(22,23)15-10-13(18)4-5-14(15)24-2/h4-5,10,16,21H,3,6-9,11-12H2,1-2H3/t16-,17-/m1/s1. The predicted octanol–water partition coefficient (Wildman–Crippen LogP) is 1.82. The van der Waals surface area contributed by atoms with Crippen LogP contribution >= 0.6 is 11.6 Å². The molecule has 3 rings (SSSR count). The summed E-state index contributed by atoms with van der Waals surface area (Å²) in [5.41, 5.74) is -0.211. The summed E-state index contributed by atoms with van der Waals surface area (Å²) in [6, 6.07) is 4.64. The molecule has 2 fully saturated rings. The monoisotopic (exact) mass is 388 g/mol. The molecule has 0 aromatic heterocycles. The van der Waals surface area contributed by atoms with E-state index in [-0.39, 0.29) is 23.0 Å². The summed E-state index contributed by atoms with van der Waals surface area (Å²) in [4.78, 5) is 2.27. The molecule has 1 N–H and O–H groups in total. The Morgan fingerprint density at radius 3 is 2.80 bits per heavy atom. The summed E-state index contributed by atoms with van der Waals surface area (Å²) in [5, 5.41) is 10.3. The van der Waals surface area contributed by atoms with Crippen molar-refractivity contribution in [1.29, 1.82) is 0 Å². The SMILES string of the molecule is COc1ccc(Cl)cc1S(=O)(=O)N1CC[C@@]2(CO)CCCN(C)[C@@H]2C1. The van der Waals surface area contributed by atoms with E-state index in [0.29, 0.717) is 30.3 Å². The lowest BCUT2D eigenvalue weighted by Gasteiger charge is -2.53. The molecule has 0 saturated carbocycles. The Labute approximate surface area is 154 Å². The van der Waals surface area contributed by atoms with Gasteiger partial charge in [0.2, 0.25) is 10.0 Å². The fourth-order valence-electron chi connectivity index (χ4n) is 4.20. The van der Waals surface area contributed by atoms with Crippen molar-refractivity contribution < 1.29 is 18.3 Å². The van der Waals surface area contributed by atoms with E-state index in [1.807, 2.05) is 7.05 Å². The Hall–Kier alpha value is -0.860. The number of hydrogen-bond donors (Lipinski definition) is 1. The number of rotatable bonds is 4. The second-order valence-corrected chi connectivity index (χ2v) is 9.37. The molecular weight excluding hydrogens is 364 g/mol. The van der Waals surface area contributed by atoms with Crippen LogP contribution in [0.1, 0.15) is 19.3 Å². The van der Waals surface area contributed by atoms with E-state index in [1.54, 1.807) is 12.1 Å². The van der Waals surface area contributed by atoms with Gasteiger partial charge in [-0.05, 0) is 51.1 Å². The molecule has 0 radical (unpaired) electrons. The Bertz CT molecular complexity index is 742. The topological polar surface area (TPSA) is 70.1 Å². The van der Waals surface area contributed by atoms with Gasteiger partial charge in [-0.25, -0.2) is 8.42 Å². The molecule has 2 atom stereocenters. The summed E-state index contributed by atoms with van der Waals surface area (Å²) >= 11 is 6.02. The molecule has 0 bridgehead atoms. The van der Waals surface area contributed by atoms with E-state index in [2.05, 4.69) is 4.90 Å². The summed E-state index contributed by atoms with van der Waals surface area (Å²) < 4.78 is 33.1. The maximum absolute atomic E-state index is 13.2. The Balaban J connectivity index is 1.94. The van der Waals surface area contributed by atoms with E-state index in [9.17, 15) is 13.5 Å². The maximum Gasteiger partial charge on any atom is 0.246 e. The van der Waals surface area contributed by atoms with Crippen LogP contribution in [0.5, 0.6) is 5.75 Å². The van der Waals surface area contributed by atoms with Crippen molar-refractivity contribution in [1.82, 2.24) is 9.21 Å². The first kappa shape index (κ1) is 18.9. The highest BCUT2D eigenvalue weighted by Gasteiger charge is 2.48. The normalized spacial score (nSPS) is 28.6. The van der Waals surface area contributed by atoms with E-state index < -0.39 is 10.0 Å².